The molecule has 4 rings (SSSR count). The van der Waals surface area contributed by atoms with E-state index in [1.165, 1.54) is 25.4 Å². The number of amides is 3. The summed E-state index contributed by atoms with van der Waals surface area (Å²) in [5, 5.41) is 10.6. The molecule has 1 unspecified atom stereocenters. The van der Waals surface area contributed by atoms with Gasteiger partial charge in [-0.2, -0.15) is 10.1 Å². The predicted octanol–water partition coefficient (Wildman–Crippen LogP) is 2.02. The standard InChI is InChI=1S/C25H29N9O4/c1-4-20(35)33-7-5-6-17(13-33)34-12-16(10-29-34)30-25-28-11-18(23(27)37)24(32-25)31-21-14(2)8-15(22(26)36)9-19(21)38-3/h4,8-12,17H,1,5-7,13H2,2-3H3,(H2,26,36)(H2,27,37)(H2,28,30,31,32). The summed E-state index contributed by atoms with van der Waals surface area (Å²) in [7, 11) is 1.45. The number of likely N-dealkylation sites (tertiary alicyclic amines) is 1. The van der Waals surface area contributed by atoms with Crippen molar-refractivity contribution >= 4 is 40.9 Å². The Morgan fingerprint density at radius 1 is 1.18 bits per heavy atom. The number of nitrogens with zero attached hydrogens (tertiary/aromatic N) is 5. The minimum absolute atomic E-state index is 0.0254. The molecule has 3 heterocycles. The molecule has 0 bridgehead atoms. The highest BCUT2D eigenvalue weighted by Gasteiger charge is 2.24. The van der Waals surface area contributed by atoms with Gasteiger partial charge in [0.25, 0.3) is 5.91 Å². The van der Waals surface area contributed by atoms with E-state index >= 15 is 0 Å². The number of aromatic nitrogens is 4. The van der Waals surface area contributed by atoms with Crippen LogP contribution in [0.5, 0.6) is 5.75 Å². The average Bonchev–Trinajstić information content (AvgIpc) is 3.37. The van der Waals surface area contributed by atoms with E-state index in [2.05, 4.69) is 32.3 Å². The van der Waals surface area contributed by atoms with E-state index in [4.69, 9.17) is 16.2 Å². The fourth-order valence-corrected chi connectivity index (χ4v) is 4.29. The summed E-state index contributed by atoms with van der Waals surface area (Å²) in [4.78, 5) is 46.2. The van der Waals surface area contributed by atoms with Crippen LogP contribution in [0.4, 0.5) is 23.1 Å². The molecule has 0 aliphatic carbocycles. The van der Waals surface area contributed by atoms with Gasteiger partial charge in [0, 0.05) is 31.0 Å². The van der Waals surface area contributed by atoms with Crippen LogP contribution in [0.15, 0.2) is 43.4 Å². The number of anilines is 4. The number of carbonyl (C=O) groups is 3. The summed E-state index contributed by atoms with van der Waals surface area (Å²) in [6, 6.07) is 3.11. The molecule has 3 aromatic rings. The van der Waals surface area contributed by atoms with Crippen molar-refractivity contribution in [3.05, 3.63) is 60.1 Å². The Kier molecular flexibility index (Phi) is 7.55. The van der Waals surface area contributed by atoms with Crippen LogP contribution in [0.25, 0.3) is 0 Å². The van der Waals surface area contributed by atoms with Gasteiger partial charge in [0.15, 0.2) is 0 Å². The van der Waals surface area contributed by atoms with Crippen LogP contribution >= 0.6 is 0 Å². The molecule has 13 heteroatoms. The number of benzene rings is 1. The van der Waals surface area contributed by atoms with Crippen molar-refractivity contribution in [3.8, 4) is 5.75 Å². The third-order valence-corrected chi connectivity index (χ3v) is 6.22. The quantitative estimate of drug-likeness (QED) is 0.307. The number of hydrogen-bond donors (Lipinski definition) is 4. The Morgan fingerprint density at radius 3 is 2.66 bits per heavy atom. The number of nitrogens with two attached hydrogens (primary N) is 2. The molecule has 1 fully saturated rings. The smallest absolute Gasteiger partial charge is 0.254 e. The highest BCUT2D eigenvalue weighted by Crippen LogP contribution is 2.33. The van der Waals surface area contributed by atoms with Gasteiger partial charge in [-0.05, 0) is 43.5 Å². The van der Waals surface area contributed by atoms with E-state index in [-0.39, 0.29) is 34.8 Å². The second kappa shape index (κ2) is 11.0. The van der Waals surface area contributed by atoms with E-state index in [0.29, 0.717) is 35.8 Å². The number of carbonyl (C=O) groups excluding carboxylic acids is 3. The molecular weight excluding hydrogens is 490 g/mol. The molecule has 6 N–H and O–H groups in total. The lowest BCUT2D eigenvalue weighted by atomic mass is 10.1. The summed E-state index contributed by atoms with van der Waals surface area (Å²) >= 11 is 0. The summed E-state index contributed by atoms with van der Waals surface area (Å²) in [6.45, 7) is 6.55. The van der Waals surface area contributed by atoms with Gasteiger partial charge >= 0.3 is 0 Å². The Bertz CT molecular complexity index is 1400. The van der Waals surface area contributed by atoms with E-state index < -0.39 is 11.8 Å². The molecule has 0 radical (unpaired) electrons. The molecule has 1 atom stereocenters. The van der Waals surface area contributed by atoms with Gasteiger partial charge in [0.2, 0.25) is 17.8 Å². The van der Waals surface area contributed by atoms with Crippen molar-refractivity contribution in [2.45, 2.75) is 25.8 Å². The van der Waals surface area contributed by atoms with Crippen molar-refractivity contribution in [2.75, 3.05) is 30.8 Å². The highest BCUT2D eigenvalue weighted by atomic mass is 16.5. The summed E-state index contributed by atoms with van der Waals surface area (Å²) in [6.07, 6.45) is 7.81. The molecule has 1 saturated heterocycles. The van der Waals surface area contributed by atoms with Crippen molar-refractivity contribution < 1.29 is 19.1 Å². The molecule has 38 heavy (non-hydrogen) atoms. The van der Waals surface area contributed by atoms with Crippen LogP contribution in [0.2, 0.25) is 0 Å². The minimum atomic E-state index is -0.729. The lowest BCUT2D eigenvalue weighted by Gasteiger charge is -2.32. The van der Waals surface area contributed by atoms with Crippen molar-refractivity contribution in [2.24, 2.45) is 11.5 Å². The molecular formula is C25H29N9O4. The third kappa shape index (κ3) is 5.56. The van der Waals surface area contributed by atoms with Gasteiger partial charge in [0.05, 0.1) is 30.7 Å². The average molecular weight is 520 g/mol. The van der Waals surface area contributed by atoms with Crippen molar-refractivity contribution in [3.63, 3.8) is 0 Å². The largest absolute Gasteiger partial charge is 0.495 e. The van der Waals surface area contributed by atoms with Gasteiger partial charge in [-0.15, -0.1) is 0 Å². The first-order valence-corrected chi connectivity index (χ1v) is 11.8. The number of hydrogen-bond acceptors (Lipinski definition) is 9. The van der Waals surface area contributed by atoms with Crippen LogP contribution in [0.1, 0.15) is 45.2 Å². The normalized spacial score (nSPS) is 15.0. The number of ether oxygens (including phenoxy) is 1. The molecule has 3 amide bonds. The third-order valence-electron chi connectivity index (χ3n) is 6.22. The molecule has 0 spiro atoms. The molecule has 13 nitrogen and oxygen atoms in total. The zero-order valence-corrected chi connectivity index (χ0v) is 21.1. The predicted molar refractivity (Wildman–Crippen MR) is 141 cm³/mol. The van der Waals surface area contributed by atoms with E-state index in [1.54, 1.807) is 35.0 Å². The molecule has 1 aliphatic rings. The molecule has 198 valence electrons. The molecule has 0 saturated carbocycles. The zero-order valence-electron chi connectivity index (χ0n) is 21.1. The first kappa shape index (κ1) is 26.1. The van der Waals surface area contributed by atoms with Gasteiger partial charge in [-0.25, -0.2) is 4.98 Å². The second-order valence-corrected chi connectivity index (χ2v) is 8.80. The monoisotopic (exact) mass is 519 g/mol. The van der Waals surface area contributed by atoms with E-state index in [1.807, 2.05) is 0 Å². The van der Waals surface area contributed by atoms with Crippen LogP contribution in [0.3, 0.4) is 0 Å². The highest BCUT2D eigenvalue weighted by molar-refractivity contribution is 5.99. The van der Waals surface area contributed by atoms with Crippen LogP contribution in [0, 0.1) is 6.92 Å². The Hall–Kier alpha value is -4.94. The number of aryl methyl sites for hydroxylation is 1. The first-order chi connectivity index (χ1) is 18.2. The fraction of sp³-hybridized carbons (Fsp3) is 0.280. The first-order valence-electron chi connectivity index (χ1n) is 11.8. The van der Waals surface area contributed by atoms with Crippen LogP contribution in [-0.2, 0) is 4.79 Å². The lowest BCUT2D eigenvalue weighted by Crippen LogP contribution is -2.39. The van der Waals surface area contributed by atoms with Crippen molar-refractivity contribution in [1.82, 2.24) is 24.6 Å². The van der Waals surface area contributed by atoms with E-state index in [9.17, 15) is 14.4 Å². The number of piperidine rings is 1. The van der Waals surface area contributed by atoms with Crippen molar-refractivity contribution in [1.29, 1.82) is 0 Å². The van der Waals surface area contributed by atoms with Gasteiger partial charge < -0.3 is 31.7 Å². The number of nitrogens with one attached hydrogen (secondary N) is 2. The minimum Gasteiger partial charge on any atom is -0.495 e. The maximum absolute atomic E-state index is 12.1. The summed E-state index contributed by atoms with van der Waals surface area (Å²) in [5.41, 5.74) is 13.0. The summed E-state index contributed by atoms with van der Waals surface area (Å²) < 4.78 is 7.22. The Labute approximate surface area is 218 Å². The maximum Gasteiger partial charge on any atom is 0.254 e. The second-order valence-electron chi connectivity index (χ2n) is 8.80. The molecule has 1 aliphatic heterocycles. The van der Waals surface area contributed by atoms with Crippen LogP contribution in [-0.4, -0.2) is 62.6 Å². The molecule has 2 aromatic heterocycles. The zero-order chi connectivity index (χ0) is 27.4. The Morgan fingerprint density at radius 2 is 1.97 bits per heavy atom. The van der Waals surface area contributed by atoms with Gasteiger partial charge in [-0.3, -0.25) is 19.1 Å². The number of primary amides is 2. The Balaban J connectivity index is 1.58. The fourth-order valence-electron chi connectivity index (χ4n) is 4.29. The summed E-state index contributed by atoms with van der Waals surface area (Å²) in [5.74, 6) is -0.762. The van der Waals surface area contributed by atoms with E-state index in [0.717, 1.165) is 12.8 Å². The molecule has 1 aromatic carbocycles. The topological polar surface area (TPSA) is 183 Å². The number of rotatable bonds is 9. The maximum atomic E-state index is 12.1. The lowest BCUT2D eigenvalue weighted by molar-refractivity contribution is -0.127. The number of methoxy groups -OCH3 is 1. The van der Waals surface area contributed by atoms with Crippen LogP contribution < -0.4 is 26.8 Å². The van der Waals surface area contributed by atoms with Gasteiger partial charge in [-0.1, -0.05) is 6.58 Å². The van der Waals surface area contributed by atoms with Gasteiger partial charge in [0.1, 0.15) is 17.1 Å². The SMILES string of the molecule is C=CC(=O)N1CCCC(n2cc(Nc3ncc(C(N)=O)c(Nc4c(C)cc(C(N)=O)cc4OC)n3)cn2)C1.